The van der Waals surface area contributed by atoms with Crippen LogP contribution in [0.3, 0.4) is 0 Å². The molecule has 2 aromatic carbocycles. The van der Waals surface area contributed by atoms with Gasteiger partial charge in [0.05, 0.1) is 5.69 Å². The van der Waals surface area contributed by atoms with Crippen molar-refractivity contribution in [3.63, 3.8) is 0 Å². The number of aryl methyl sites for hydroxylation is 2. The van der Waals surface area contributed by atoms with E-state index in [9.17, 15) is 5.11 Å². The van der Waals surface area contributed by atoms with E-state index in [4.69, 9.17) is 0 Å². The highest BCUT2D eigenvalue weighted by molar-refractivity contribution is 5.97. The fourth-order valence-corrected chi connectivity index (χ4v) is 2.46. The summed E-state index contributed by atoms with van der Waals surface area (Å²) in [4.78, 5) is 0. The van der Waals surface area contributed by atoms with E-state index in [2.05, 4.69) is 10.4 Å². The number of phenolic OH excluding ortho intramolecular Hbond substituents is 1. The first-order valence-corrected chi connectivity index (χ1v) is 6.59. The summed E-state index contributed by atoms with van der Waals surface area (Å²) in [5, 5.41) is 19.5. The largest absolute Gasteiger partial charge is 0.507 e. The van der Waals surface area contributed by atoms with E-state index in [0.29, 0.717) is 12.3 Å². The first-order chi connectivity index (χ1) is 9.65. The molecular weight excluding hydrogens is 250 g/mol. The number of aromatic hydroxyl groups is 1. The average Bonchev–Trinajstić information content (AvgIpc) is 2.75. The number of aromatic nitrogens is 2. The highest BCUT2D eigenvalue weighted by Crippen LogP contribution is 2.30. The molecule has 0 spiro atoms. The molecule has 2 N–H and O–H groups in total. The predicted molar refractivity (Wildman–Crippen MR) is 80.9 cm³/mol. The topological polar surface area (TPSA) is 50.1 Å². The zero-order valence-corrected chi connectivity index (χ0v) is 11.6. The third kappa shape index (κ3) is 2.20. The number of benzene rings is 2. The van der Waals surface area contributed by atoms with Crippen LogP contribution < -0.4 is 5.32 Å². The maximum Gasteiger partial charge on any atom is 0.123 e. The van der Waals surface area contributed by atoms with E-state index in [-0.39, 0.29) is 0 Å². The van der Waals surface area contributed by atoms with Crippen molar-refractivity contribution in [3.8, 4) is 5.75 Å². The van der Waals surface area contributed by atoms with Crippen molar-refractivity contribution < 1.29 is 5.11 Å². The van der Waals surface area contributed by atoms with Crippen LogP contribution in [0.25, 0.3) is 10.8 Å². The van der Waals surface area contributed by atoms with Gasteiger partial charge in [0.1, 0.15) is 5.75 Å². The Kier molecular flexibility index (Phi) is 3.06. The van der Waals surface area contributed by atoms with Crippen LogP contribution in [0.1, 0.15) is 11.3 Å². The molecule has 0 saturated heterocycles. The Balaban J connectivity index is 1.92. The summed E-state index contributed by atoms with van der Waals surface area (Å²) in [5.74, 6) is 0.309. The number of rotatable bonds is 3. The molecule has 1 heterocycles. The number of phenols is 1. The van der Waals surface area contributed by atoms with Crippen LogP contribution in [-0.4, -0.2) is 14.9 Å². The number of hydrogen-bond donors (Lipinski definition) is 2. The van der Waals surface area contributed by atoms with Gasteiger partial charge in [0.15, 0.2) is 0 Å². The van der Waals surface area contributed by atoms with Crippen LogP contribution >= 0.6 is 0 Å². The Hall–Kier alpha value is -2.49. The monoisotopic (exact) mass is 267 g/mol. The lowest BCUT2D eigenvalue weighted by Crippen LogP contribution is -2.00. The standard InChI is InChI=1S/C16H17N3O/c1-11-12(10-19(2)18-11)9-17-15-7-3-6-14-13(15)5-4-8-16(14)20/h3-8,10,17,20H,9H2,1-2H3. The van der Waals surface area contributed by atoms with Crippen molar-refractivity contribution in [2.45, 2.75) is 13.5 Å². The van der Waals surface area contributed by atoms with E-state index in [1.54, 1.807) is 6.07 Å². The molecule has 0 radical (unpaired) electrons. The SMILES string of the molecule is Cc1nn(C)cc1CNc1cccc2c(O)cccc12. The quantitative estimate of drug-likeness (QED) is 0.766. The molecule has 0 amide bonds. The van der Waals surface area contributed by atoms with Crippen molar-refractivity contribution in [2.75, 3.05) is 5.32 Å². The Morgan fingerprint density at radius 3 is 2.65 bits per heavy atom. The summed E-state index contributed by atoms with van der Waals surface area (Å²) in [6.07, 6.45) is 2.02. The molecular formula is C16H17N3O. The third-order valence-corrected chi connectivity index (χ3v) is 3.48. The van der Waals surface area contributed by atoms with Gasteiger partial charge in [-0.2, -0.15) is 5.10 Å². The van der Waals surface area contributed by atoms with Crippen LogP contribution in [0.15, 0.2) is 42.6 Å². The van der Waals surface area contributed by atoms with E-state index in [0.717, 1.165) is 22.2 Å². The Labute approximate surface area is 117 Å². The van der Waals surface area contributed by atoms with Gasteiger partial charge >= 0.3 is 0 Å². The molecule has 0 bridgehead atoms. The average molecular weight is 267 g/mol. The van der Waals surface area contributed by atoms with Gasteiger partial charge in [-0.15, -0.1) is 0 Å². The Bertz CT molecular complexity index is 762. The van der Waals surface area contributed by atoms with Crippen molar-refractivity contribution >= 4 is 16.5 Å². The molecule has 4 nitrogen and oxygen atoms in total. The molecule has 0 aliphatic carbocycles. The zero-order valence-electron chi connectivity index (χ0n) is 11.6. The van der Waals surface area contributed by atoms with E-state index < -0.39 is 0 Å². The number of fused-ring (bicyclic) bond motifs is 1. The number of anilines is 1. The second-order valence-electron chi connectivity index (χ2n) is 4.94. The molecule has 0 aliphatic rings. The zero-order chi connectivity index (χ0) is 14.1. The minimum Gasteiger partial charge on any atom is -0.507 e. The van der Waals surface area contributed by atoms with Gasteiger partial charge < -0.3 is 10.4 Å². The molecule has 3 rings (SSSR count). The third-order valence-electron chi connectivity index (χ3n) is 3.48. The lowest BCUT2D eigenvalue weighted by atomic mass is 10.1. The van der Waals surface area contributed by atoms with Gasteiger partial charge in [0, 0.05) is 41.8 Å². The second kappa shape index (κ2) is 4.89. The summed E-state index contributed by atoms with van der Waals surface area (Å²) in [6, 6.07) is 11.5. The van der Waals surface area contributed by atoms with Gasteiger partial charge in [0.25, 0.3) is 0 Å². The van der Waals surface area contributed by atoms with Crippen molar-refractivity contribution in [1.29, 1.82) is 0 Å². The fraction of sp³-hybridized carbons (Fsp3) is 0.188. The predicted octanol–water partition coefficient (Wildman–Crippen LogP) is 3.20. The van der Waals surface area contributed by atoms with Crippen LogP contribution in [0, 0.1) is 6.92 Å². The lowest BCUT2D eigenvalue weighted by molar-refractivity contribution is 0.481. The van der Waals surface area contributed by atoms with Crippen molar-refractivity contribution in [1.82, 2.24) is 9.78 Å². The van der Waals surface area contributed by atoms with Crippen LogP contribution in [0.5, 0.6) is 5.75 Å². The summed E-state index contributed by atoms with van der Waals surface area (Å²) in [6.45, 7) is 2.72. The summed E-state index contributed by atoms with van der Waals surface area (Å²) < 4.78 is 1.82. The summed E-state index contributed by atoms with van der Waals surface area (Å²) in [7, 11) is 1.92. The molecule has 3 aromatic rings. The van der Waals surface area contributed by atoms with Gasteiger partial charge in [0.2, 0.25) is 0 Å². The summed E-state index contributed by atoms with van der Waals surface area (Å²) >= 11 is 0. The van der Waals surface area contributed by atoms with Gasteiger partial charge in [-0.25, -0.2) is 0 Å². The molecule has 0 atom stereocenters. The second-order valence-corrected chi connectivity index (χ2v) is 4.94. The van der Waals surface area contributed by atoms with E-state index in [1.807, 2.05) is 55.2 Å². The Morgan fingerprint density at radius 2 is 1.90 bits per heavy atom. The molecule has 4 heteroatoms. The maximum absolute atomic E-state index is 9.89. The smallest absolute Gasteiger partial charge is 0.123 e. The van der Waals surface area contributed by atoms with Crippen LogP contribution in [0.2, 0.25) is 0 Å². The maximum atomic E-state index is 9.89. The van der Waals surface area contributed by atoms with Crippen molar-refractivity contribution in [3.05, 3.63) is 53.9 Å². The Morgan fingerprint density at radius 1 is 1.15 bits per heavy atom. The minimum absolute atomic E-state index is 0.309. The molecule has 102 valence electrons. The highest BCUT2D eigenvalue weighted by Gasteiger charge is 2.06. The van der Waals surface area contributed by atoms with Crippen LogP contribution in [0.4, 0.5) is 5.69 Å². The number of hydrogen-bond acceptors (Lipinski definition) is 3. The molecule has 1 aromatic heterocycles. The molecule has 20 heavy (non-hydrogen) atoms. The van der Waals surface area contributed by atoms with Gasteiger partial charge in [-0.05, 0) is 19.1 Å². The first-order valence-electron chi connectivity index (χ1n) is 6.59. The lowest BCUT2D eigenvalue weighted by Gasteiger charge is -2.10. The molecule has 0 unspecified atom stereocenters. The normalized spacial score (nSPS) is 10.9. The van der Waals surface area contributed by atoms with Crippen LogP contribution in [-0.2, 0) is 13.6 Å². The van der Waals surface area contributed by atoms with E-state index in [1.165, 1.54) is 5.56 Å². The number of nitrogens with zero attached hydrogens (tertiary/aromatic N) is 2. The highest BCUT2D eigenvalue weighted by atomic mass is 16.3. The minimum atomic E-state index is 0.309. The van der Waals surface area contributed by atoms with Gasteiger partial charge in [-0.1, -0.05) is 24.3 Å². The first kappa shape index (κ1) is 12.5. The van der Waals surface area contributed by atoms with Gasteiger partial charge in [-0.3, -0.25) is 4.68 Å². The molecule has 0 fully saturated rings. The number of nitrogens with one attached hydrogen (secondary N) is 1. The van der Waals surface area contributed by atoms with E-state index >= 15 is 0 Å². The molecule has 0 aliphatic heterocycles. The van der Waals surface area contributed by atoms with Crippen molar-refractivity contribution in [2.24, 2.45) is 7.05 Å². The summed E-state index contributed by atoms with van der Waals surface area (Å²) in [5.41, 5.74) is 3.22. The fourth-order valence-electron chi connectivity index (χ4n) is 2.46. The molecule has 0 saturated carbocycles.